The highest BCUT2D eigenvalue weighted by Gasteiger charge is 2.24. The van der Waals surface area contributed by atoms with Gasteiger partial charge in [0.05, 0.1) is 5.52 Å². The molecule has 2 aliphatic rings. The van der Waals surface area contributed by atoms with Gasteiger partial charge in [0.2, 0.25) is 5.70 Å². The first kappa shape index (κ1) is 23.1. The Morgan fingerprint density at radius 1 is 1.14 bits per heavy atom. The summed E-state index contributed by atoms with van der Waals surface area (Å²) in [6.45, 7) is 5.25. The molecule has 1 aromatic heterocycles. The number of rotatable bonds is 6. The number of fused-ring (bicyclic) bond motifs is 2. The molecule has 0 aliphatic carbocycles. The third-order valence-electron chi connectivity index (χ3n) is 7.22. The predicted octanol–water partition coefficient (Wildman–Crippen LogP) is 3.91. The van der Waals surface area contributed by atoms with Crippen LogP contribution in [0.5, 0.6) is 0 Å². The Bertz CT molecular complexity index is 1350. The fourth-order valence-electron chi connectivity index (χ4n) is 5.36. The summed E-state index contributed by atoms with van der Waals surface area (Å²) < 4.78 is 0. The number of amides is 1. The van der Waals surface area contributed by atoms with Crippen molar-refractivity contribution in [2.75, 3.05) is 19.6 Å². The summed E-state index contributed by atoms with van der Waals surface area (Å²) in [4.78, 5) is 18.8. The summed E-state index contributed by atoms with van der Waals surface area (Å²) in [7, 11) is 0. The van der Waals surface area contributed by atoms with Crippen LogP contribution in [0.1, 0.15) is 41.1 Å². The number of carbonyl (C=O) groups is 1. The molecule has 178 valence electrons. The van der Waals surface area contributed by atoms with E-state index in [1.807, 2.05) is 36.5 Å². The highest BCUT2D eigenvalue weighted by Crippen LogP contribution is 2.33. The molecule has 5 N–H and O–H groups in total. The lowest BCUT2D eigenvalue weighted by Crippen LogP contribution is -2.77. The number of primary amides is 1. The number of quaternary nitrogens is 1. The molecule has 7 heteroatoms. The third-order valence-corrected chi connectivity index (χ3v) is 7.22. The number of piperidine rings is 1. The van der Waals surface area contributed by atoms with E-state index < -0.39 is 5.91 Å². The van der Waals surface area contributed by atoms with Gasteiger partial charge in [0.15, 0.2) is 5.70 Å². The minimum atomic E-state index is -0.686. The Labute approximate surface area is 205 Å². The lowest BCUT2D eigenvalue weighted by Gasteiger charge is -2.32. The van der Waals surface area contributed by atoms with Gasteiger partial charge < -0.3 is 10.6 Å². The highest BCUT2D eigenvalue weighted by atomic mass is 16.1. The monoisotopic (exact) mass is 467 g/mol. The van der Waals surface area contributed by atoms with E-state index in [-0.39, 0.29) is 5.70 Å². The lowest BCUT2D eigenvalue weighted by molar-refractivity contribution is -0.514. The second-order valence-corrected chi connectivity index (χ2v) is 9.41. The smallest absolute Gasteiger partial charge is 0.275 e. The quantitative estimate of drug-likeness (QED) is 0.290. The van der Waals surface area contributed by atoms with Crippen molar-refractivity contribution >= 4 is 28.6 Å². The molecule has 0 unspecified atom stereocenters. The van der Waals surface area contributed by atoms with Crippen LogP contribution in [0.15, 0.2) is 71.1 Å². The second-order valence-electron chi connectivity index (χ2n) is 9.41. The SMILES string of the molecule is Cc1ccc2c(C3CCN(CCc4cccc5c4C=C/C(=C(/N=N)C(N)=O)[NH2+]5)CC3)cccc2n1. The molecule has 3 aromatic rings. The maximum absolute atomic E-state index is 11.6. The van der Waals surface area contributed by atoms with Crippen LogP contribution in [-0.2, 0) is 11.2 Å². The number of carbonyl (C=O) groups excluding carboxylic acids is 1. The molecule has 35 heavy (non-hydrogen) atoms. The van der Waals surface area contributed by atoms with Gasteiger partial charge in [0.1, 0.15) is 5.69 Å². The van der Waals surface area contributed by atoms with Crippen LogP contribution in [0.2, 0.25) is 0 Å². The fraction of sp³-hybridized carbons (Fsp3) is 0.286. The zero-order valence-electron chi connectivity index (χ0n) is 20.0. The molecule has 1 saturated heterocycles. The van der Waals surface area contributed by atoms with Crippen molar-refractivity contribution in [3.8, 4) is 0 Å². The molecule has 0 saturated carbocycles. The Kier molecular flexibility index (Phi) is 6.53. The molecule has 5 rings (SSSR count). The fourth-order valence-corrected chi connectivity index (χ4v) is 5.36. The van der Waals surface area contributed by atoms with Crippen LogP contribution in [0.25, 0.3) is 17.0 Å². The number of likely N-dealkylation sites (tertiary alicyclic amines) is 1. The van der Waals surface area contributed by atoms with Crippen LogP contribution >= 0.6 is 0 Å². The van der Waals surface area contributed by atoms with Gasteiger partial charge in [-0.2, -0.15) is 0 Å². The molecular weight excluding hydrogens is 436 g/mol. The van der Waals surface area contributed by atoms with Gasteiger partial charge in [-0.15, -0.1) is 5.11 Å². The van der Waals surface area contributed by atoms with Gasteiger partial charge in [-0.1, -0.05) is 30.3 Å². The summed E-state index contributed by atoms with van der Waals surface area (Å²) in [6.07, 6.45) is 7.13. The van der Waals surface area contributed by atoms with E-state index in [4.69, 9.17) is 16.2 Å². The van der Waals surface area contributed by atoms with Crippen LogP contribution in [-0.4, -0.2) is 35.4 Å². The number of benzene rings is 2. The molecule has 3 heterocycles. The van der Waals surface area contributed by atoms with Crippen molar-refractivity contribution in [1.29, 1.82) is 5.53 Å². The Morgan fingerprint density at radius 3 is 2.71 bits per heavy atom. The molecule has 2 aliphatic heterocycles. The number of hydrogen-bond acceptors (Lipinski definition) is 5. The van der Waals surface area contributed by atoms with Crippen molar-refractivity contribution in [2.45, 2.75) is 32.1 Å². The zero-order valence-corrected chi connectivity index (χ0v) is 20.0. The molecule has 0 bridgehead atoms. The summed E-state index contributed by atoms with van der Waals surface area (Å²) >= 11 is 0. The van der Waals surface area contributed by atoms with Crippen molar-refractivity contribution in [1.82, 2.24) is 9.88 Å². The number of nitrogens with one attached hydrogen (secondary N) is 1. The second kappa shape index (κ2) is 9.90. The van der Waals surface area contributed by atoms with Crippen LogP contribution in [0, 0.1) is 12.5 Å². The number of pyridine rings is 1. The van der Waals surface area contributed by atoms with E-state index in [0.717, 1.165) is 55.8 Å². The highest BCUT2D eigenvalue weighted by molar-refractivity contribution is 5.92. The average Bonchev–Trinajstić information content (AvgIpc) is 2.87. The maximum Gasteiger partial charge on any atom is 0.275 e. The van der Waals surface area contributed by atoms with Gasteiger partial charge in [0.25, 0.3) is 5.91 Å². The molecule has 1 fully saturated rings. The van der Waals surface area contributed by atoms with E-state index in [0.29, 0.717) is 11.6 Å². The Hall–Kier alpha value is -3.68. The van der Waals surface area contributed by atoms with Crippen LogP contribution in [0.3, 0.4) is 0 Å². The third kappa shape index (κ3) is 4.78. The number of aromatic nitrogens is 1. The average molecular weight is 468 g/mol. The predicted molar refractivity (Wildman–Crippen MR) is 137 cm³/mol. The minimum absolute atomic E-state index is 0.0164. The molecule has 7 nitrogen and oxygen atoms in total. The van der Waals surface area contributed by atoms with Gasteiger partial charge in [-0.25, -0.2) is 5.53 Å². The minimum Gasteiger partial charge on any atom is -0.364 e. The summed E-state index contributed by atoms with van der Waals surface area (Å²) in [5, 5.41) is 6.50. The van der Waals surface area contributed by atoms with Crippen molar-refractivity contribution in [3.63, 3.8) is 0 Å². The Morgan fingerprint density at radius 2 is 1.94 bits per heavy atom. The first-order valence-corrected chi connectivity index (χ1v) is 12.2. The van der Waals surface area contributed by atoms with E-state index in [1.54, 1.807) is 0 Å². The van der Waals surface area contributed by atoms with Crippen LogP contribution < -0.4 is 11.1 Å². The zero-order chi connectivity index (χ0) is 24.4. The molecule has 0 atom stereocenters. The van der Waals surface area contributed by atoms with Crippen molar-refractivity contribution in [3.05, 3.63) is 88.4 Å². The van der Waals surface area contributed by atoms with Crippen LogP contribution in [0.4, 0.5) is 5.69 Å². The summed E-state index contributed by atoms with van der Waals surface area (Å²) in [5.74, 6) is -0.109. The van der Waals surface area contributed by atoms with E-state index >= 15 is 0 Å². The van der Waals surface area contributed by atoms with Gasteiger partial charge in [-0.05, 0) is 74.5 Å². The van der Waals surface area contributed by atoms with E-state index in [1.165, 1.54) is 22.1 Å². The normalized spacial score (nSPS) is 17.9. The number of nitrogens with zero attached hydrogens (tertiary/aromatic N) is 3. The largest absolute Gasteiger partial charge is 0.364 e. The molecule has 1 amide bonds. The topological polar surface area (TPSA) is 112 Å². The van der Waals surface area contributed by atoms with E-state index in [2.05, 4.69) is 46.4 Å². The lowest BCUT2D eigenvalue weighted by atomic mass is 9.87. The Balaban J connectivity index is 1.24. The van der Waals surface area contributed by atoms with Gasteiger partial charge in [0, 0.05) is 35.3 Å². The standard InChI is InChI=1S/C28H30N6O/c1-18-8-9-23-21(5-3-7-25(23)31-18)20-13-16-34(17-14-20)15-12-19-4-2-6-24-22(19)10-11-26(32-24)27(33-30)28(29)35/h2-11,20,30,32H,12-17H2,1H3,(H2,29,35)/p+1/b27-26-,33-30?. The number of aryl methyl sites for hydroxylation is 1. The molecular formula is C28H31N6O+. The van der Waals surface area contributed by atoms with Gasteiger partial charge in [-0.3, -0.25) is 15.1 Å². The molecule has 0 radical (unpaired) electrons. The van der Waals surface area contributed by atoms with Crippen molar-refractivity contribution < 1.29 is 10.1 Å². The van der Waals surface area contributed by atoms with Crippen molar-refractivity contribution in [2.24, 2.45) is 10.8 Å². The number of nitrogens with two attached hydrogens (primary N) is 2. The van der Waals surface area contributed by atoms with Gasteiger partial charge >= 0.3 is 0 Å². The summed E-state index contributed by atoms with van der Waals surface area (Å²) in [5.41, 5.74) is 20.3. The maximum atomic E-state index is 11.6. The first-order valence-electron chi connectivity index (χ1n) is 12.2. The molecule has 2 aromatic carbocycles. The van der Waals surface area contributed by atoms with E-state index in [9.17, 15) is 4.79 Å². The first-order chi connectivity index (χ1) is 17.0. The summed E-state index contributed by atoms with van der Waals surface area (Å²) in [6, 6.07) is 17.1. The molecule has 0 spiro atoms. The number of hydrogen-bond donors (Lipinski definition) is 3. The number of allylic oxidation sites excluding steroid dienone is 1.